The Morgan fingerprint density at radius 3 is 2.49 bits per heavy atom. The molecule has 4 aromatic carbocycles. The highest BCUT2D eigenvalue weighted by molar-refractivity contribution is 6.07. The zero-order chi connectivity index (χ0) is 39.6. The van der Waals surface area contributed by atoms with Gasteiger partial charge in [-0.2, -0.15) is 5.10 Å². The summed E-state index contributed by atoms with van der Waals surface area (Å²) in [5.74, 6) is 2.18. The van der Waals surface area contributed by atoms with Crippen molar-refractivity contribution in [2.45, 2.75) is 33.1 Å². The van der Waals surface area contributed by atoms with Gasteiger partial charge in [-0.25, -0.2) is 19.4 Å². The molecule has 0 bridgehead atoms. The molecule has 7 rings (SSSR count). The second-order valence-electron chi connectivity index (χ2n) is 13.7. The van der Waals surface area contributed by atoms with Gasteiger partial charge in [-0.05, 0) is 56.2 Å². The first kappa shape index (κ1) is 38.8. The van der Waals surface area contributed by atoms with Crippen molar-refractivity contribution in [2.24, 2.45) is 0 Å². The van der Waals surface area contributed by atoms with Crippen LogP contribution in [0.1, 0.15) is 41.4 Å². The zero-order valence-corrected chi connectivity index (χ0v) is 32.4. The number of ether oxygens (including phenoxy) is 3. The van der Waals surface area contributed by atoms with E-state index in [1.165, 1.54) is 6.33 Å². The Morgan fingerprint density at radius 2 is 1.70 bits per heavy atom. The molecule has 0 spiro atoms. The summed E-state index contributed by atoms with van der Waals surface area (Å²) in [5.41, 5.74) is 4.57. The number of amides is 3. The lowest BCUT2D eigenvalue weighted by Gasteiger charge is -2.26. The highest BCUT2D eigenvalue weighted by Gasteiger charge is 2.17. The molecule has 1 aliphatic heterocycles. The molecule has 2 aromatic heterocycles. The number of aryl methyl sites for hydroxylation is 2. The van der Waals surface area contributed by atoms with Gasteiger partial charge in [0, 0.05) is 66.4 Å². The smallest absolute Gasteiger partial charge is 0.324 e. The minimum atomic E-state index is -0.401. The number of aromatic nitrogens is 4. The van der Waals surface area contributed by atoms with E-state index in [9.17, 15) is 9.59 Å². The number of benzene rings is 4. The van der Waals surface area contributed by atoms with Crippen molar-refractivity contribution in [1.82, 2.24) is 30.0 Å². The molecule has 14 nitrogen and oxygen atoms in total. The SMILES string of the molecule is CCCCc1cc(NC(=O)Nc2ccc(Oc3cc(Nc4cc(OC)cc(C(=O)NCCN5CCOCC5)c4)ncn3)c3ccccc23)n(-c2ccc(C)cc2)n1. The number of rotatable bonds is 15. The van der Waals surface area contributed by atoms with Crippen LogP contribution in [-0.4, -0.2) is 83.1 Å². The predicted octanol–water partition coefficient (Wildman–Crippen LogP) is 7.72. The van der Waals surface area contributed by atoms with E-state index in [0.717, 1.165) is 66.6 Å². The molecule has 1 saturated heterocycles. The zero-order valence-electron chi connectivity index (χ0n) is 32.4. The van der Waals surface area contributed by atoms with E-state index in [4.69, 9.17) is 19.3 Å². The maximum Gasteiger partial charge on any atom is 0.324 e. The number of methoxy groups -OCH3 is 1. The summed E-state index contributed by atoms with van der Waals surface area (Å²) in [7, 11) is 1.56. The summed E-state index contributed by atoms with van der Waals surface area (Å²) >= 11 is 0. The minimum absolute atomic E-state index is 0.204. The fraction of sp³-hybridized carbons (Fsp3) is 0.279. The van der Waals surface area contributed by atoms with Gasteiger partial charge in [0.2, 0.25) is 5.88 Å². The first-order chi connectivity index (χ1) is 27.8. The Hall–Kier alpha value is -6.51. The Bertz CT molecular complexity index is 2320. The third-order valence-corrected chi connectivity index (χ3v) is 9.55. The highest BCUT2D eigenvalue weighted by atomic mass is 16.5. The molecule has 0 unspecified atom stereocenters. The van der Waals surface area contributed by atoms with Crippen LogP contribution >= 0.6 is 0 Å². The van der Waals surface area contributed by atoms with Gasteiger partial charge in [-0.3, -0.25) is 15.0 Å². The second kappa shape index (κ2) is 18.4. The number of fused-ring (bicyclic) bond motifs is 1. The third-order valence-electron chi connectivity index (χ3n) is 9.55. The van der Waals surface area contributed by atoms with E-state index in [2.05, 4.69) is 43.1 Å². The largest absolute Gasteiger partial charge is 0.497 e. The lowest BCUT2D eigenvalue weighted by molar-refractivity contribution is 0.0383. The molecule has 3 amide bonds. The lowest BCUT2D eigenvalue weighted by Crippen LogP contribution is -2.41. The summed E-state index contributed by atoms with van der Waals surface area (Å²) in [5, 5.41) is 18.6. The number of morpholine rings is 1. The van der Waals surface area contributed by atoms with Crippen LogP contribution in [0.4, 0.5) is 27.8 Å². The maximum absolute atomic E-state index is 13.5. The summed E-state index contributed by atoms with van der Waals surface area (Å²) in [6.45, 7) is 8.58. The van der Waals surface area contributed by atoms with E-state index < -0.39 is 6.03 Å². The summed E-state index contributed by atoms with van der Waals surface area (Å²) in [6, 6.07) is 27.7. The molecule has 0 saturated carbocycles. The number of nitrogens with zero attached hydrogens (tertiary/aromatic N) is 5. The van der Waals surface area contributed by atoms with Crippen LogP contribution in [0.15, 0.2) is 97.3 Å². The molecule has 14 heteroatoms. The van der Waals surface area contributed by atoms with Crippen molar-refractivity contribution in [3.05, 3.63) is 114 Å². The van der Waals surface area contributed by atoms with Gasteiger partial charge in [0.1, 0.15) is 29.5 Å². The highest BCUT2D eigenvalue weighted by Crippen LogP contribution is 2.35. The van der Waals surface area contributed by atoms with E-state index >= 15 is 0 Å². The third kappa shape index (κ3) is 10.0. The standard InChI is InChI=1S/C43H47N9O5/c1-4-5-8-31-26-40(52(50-31)33-13-11-29(2)12-14-33)49-43(54)48-37-15-16-38(36-10-7-6-9-35(36)37)57-41-27-39(45-28-46-41)47-32-23-30(24-34(25-32)55-3)42(53)44-17-18-51-19-21-56-22-20-51/h6-7,9-16,23-28H,4-5,8,17-22H2,1-3H3,(H,44,53)(H,45,46,47)(H2,48,49,54). The number of carbonyl (C=O) groups is 2. The second-order valence-corrected chi connectivity index (χ2v) is 13.7. The fourth-order valence-corrected chi connectivity index (χ4v) is 6.52. The van der Waals surface area contributed by atoms with Crippen molar-refractivity contribution in [2.75, 3.05) is 62.5 Å². The van der Waals surface area contributed by atoms with Gasteiger partial charge in [0.25, 0.3) is 5.91 Å². The van der Waals surface area contributed by atoms with Crippen LogP contribution in [-0.2, 0) is 11.2 Å². The number of anilines is 4. The molecule has 0 radical (unpaired) electrons. The van der Waals surface area contributed by atoms with Gasteiger partial charge in [0.05, 0.1) is 37.4 Å². The van der Waals surface area contributed by atoms with Gasteiger partial charge < -0.3 is 30.2 Å². The predicted molar refractivity (Wildman–Crippen MR) is 221 cm³/mol. The van der Waals surface area contributed by atoms with Crippen LogP contribution in [0.2, 0.25) is 0 Å². The Kier molecular flexibility index (Phi) is 12.5. The molecule has 57 heavy (non-hydrogen) atoms. The van der Waals surface area contributed by atoms with E-state index in [1.807, 2.05) is 61.5 Å². The van der Waals surface area contributed by atoms with E-state index in [1.54, 1.807) is 48.2 Å². The molecule has 0 atom stereocenters. The summed E-state index contributed by atoms with van der Waals surface area (Å²) in [6.07, 6.45) is 4.27. The first-order valence-corrected chi connectivity index (χ1v) is 19.1. The molecule has 6 aromatic rings. The number of hydrogen-bond donors (Lipinski definition) is 4. The summed E-state index contributed by atoms with van der Waals surface area (Å²) in [4.78, 5) is 37.6. The molecule has 1 aliphatic rings. The van der Waals surface area contributed by atoms with E-state index in [0.29, 0.717) is 65.7 Å². The van der Waals surface area contributed by atoms with Crippen LogP contribution in [0.25, 0.3) is 16.5 Å². The molecule has 3 heterocycles. The first-order valence-electron chi connectivity index (χ1n) is 19.1. The number of urea groups is 1. The minimum Gasteiger partial charge on any atom is -0.497 e. The van der Waals surface area contributed by atoms with Gasteiger partial charge in [-0.15, -0.1) is 0 Å². The molecular weight excluding hydrogens is 723 g/mol. The monoisotopic (exact) mass is 769 g/mol. The Morgan fingerprint density at radius 1 is 0.895 bits per heavy atom. The molecule has 4 N–H and O–H groups in total. The van der Waals surface area contributed by atoms with Crippen molar-refractivity contribution >= 4 is 45.7 Å². The fourth-order valence-electron chi connectivity index (χ4n) is 6.52. The Labute approximate surface area is 331 Å². The molecule has 1 fully saturated rings. The lowest BCUT2D eigenvalue weighted by atomic mass is 10.1. The van der Waals surface area contributed by atoms with Crippen molar-refractivity contribution in [3.8, 4) is 23.1 Å². The Balaban J connectivity index is 1.04. The average Bonchev–Trinajstić information content (AvgIpc) is 3.63. The topological polar surface area (TPSA) is 157 Å². The van der Waals surface area contributed by atoms with E-state index in [-0.39, 0.29) is 5.91 Å². The maximum atomic E-state index is 13.5. The van der Waals surface area contributed by atoms with Gasteiger partial charge in [0.15, 0.2) is 0 Å². The van der Waals surface area contributed by atoms with Crippen molar-refractivity contribution < 1.29 is 23.8 Å². The number of unbranched alkanes of at least 4 members (excludes halogenated alkanes) is 1. The van der Waals surface area contributed by atoms with Crippen LogP contribution in [0.3, 0.4) is 0 Å². The van der Waals surface area contributed by atoms with Crippen molar-refractivity contribution in [3.63, 3.8) is 0 Å². The average molecular weight is 770 g/mol. The van der Waals surface area contributed by atoms with Crippen LogP contribution in [0.5, 0.6) is 17.4 Å². The van der Waals surface area contributed by atoms with Crippen LogP contribution in [0, 0.1) is 6.92 Å². The number of hydrogen-bond acceptors (Lipinski definition) is 10. The molecule has 294 valence electrons. The number of nitrogens with one attached hydrogen (secondary N) is 4. The molecule has 0 aliphatic carbocycles. The van der Waals surface area contributed by atoms with Crippen LogP contribution < -0.4 is 30.7 Å². The molecular formula is C43H47N9O5. The van der Waals surface area contributed by atoms with Gasteiger partial charge in [-0.1, -0.05) is 55.3 Å². The normalized spacial score (nSPS) is 12.9. The number of carbonyl (C=O) groups excluding carboxylic acids is 2. The van der Waals surface area contributed by atoms with Gasteiger partial charge >= 0.3 is 6.03 Å². The quantitative estimate of drug-likeness (QED) is 0.0816. The van der Waals surface area contributed by atoms with Crippen molar-refractivity contribution in [1.29, 1.82) is 0 Å². The summed E-state index contributed by atoms with van der Waals surface area (Å²) < 4.78 is 19.0.